The molecule has 8 nitrogen and oxygen atoms in total. The highest BCUT2D eigenvalue weighted by molar-refractivity contribution is 5.81. The summed E-state index contributed by atoms with van der Waals surface area (Å²) in [6, 6.07) is 6.38. The summed E-state index contributed by atoms with van der Waals surface area (Å²) in [7, 11) is 0. The normalized spacial score (nSPS) is 18.7. The second-order valence-corrected chi connectivity index (χ2v) is 8.16. The van der Waals surface area contributed by atoms with E-state index in [1.807, 2.05) is 17.6 Å². The van der Waals surface area contributed by atoms with Gasteiger partial charge in [-0.3, -0.25) is 14.3 Å². The standard InChI is InChI=1S/C21H26N6O2/c1-15-20(24-29-23-15)13-25-8-10-26(11-9-25)17-6-7-18-19(12-17)22-14-27(21(18)28)16-4-2-3-5-16/h6-7,12,14,16H,2-5,8-11,13H2,1H3. The summed E-state index contributed by atoms with van der Waals surface area (Å²) in [5.74, 6) is 0. The molecule has 1 saturated heterocycles. The number of benzene rings is 1. The number of anilines is 1. The summed E-state index contributed by atoms with van der Waals surface area (Å²) >= 11 is 0. The third kappa shape index (κ3) is 3.53. The number of aryl methyl sites for hydroxylation is 1. The van der Waals surface area contributed by atoms with Gasteiger partial charge >= 0.3 is 0 Å². The van der Waals surface area contributed by atoms with Gasteiger partial charge in [0, 0.05) is 44.5 Å². The molecule has 3 heterocycles. The Labute approximate surface area is 169 Å². The smallest absolute Gasteiger partial charge is 0.261 e. The van der Waals surface area contributed by atoms with Gasteiger partial charge in [0.25, 0.3) is 5.56 Å². The number of rotatable bonds is 4. The largest absolute Gasteiger partial charge is 0.369 e. The van der Waals surface area contributed by atoms with E-state index in [-0.39, 0.29) is 5.56 Å². The highest BCUT2D eigenvalue weighted by Crippen LogP contribution is 2.28. The van der Waals surface area contributed by atoms with E-state index in [1.54, 1.807) is 6.33 Å². The van der Waals surface area contributed by atoms with Gasteiger partial charge in [-0.15, -0.1) is 0 Å². The summed E-state index contributed by atoms with van der Waals surface area (Å²) in [4.78, 5) is 22.2. The number of aromatic nitrogens is 4. The summed E-state index contributed by atoms with van der Waals surface area (Å²) < 4.78 is 6.64. The van der Waals surface area contributed by atoms with Crippen LogP contribution in [-0.2, 0) is 6.54 Å². The van der Waals surface area contributed by atoms with Crippen LogP contribution in [0.3, 0.4) is 0 Å². The first-order chi connectivity index (χ1) is 14.2. The number of hydrogen-bond donors (Lipinski definition) is 0. The molecule has 1 aliphatic heterocycles. The van der Waals surface area contributed by atoms with Crippen molar-refractivity contribution in [3.63, 3.8) is 0 Å². The van der Waals surface area contributed by atoms with Gasteiger partial charge in [-0.25, -0.2) is 9.61 Å². The molecule has 29 heavy (non-hydrogen) atoms. The van der Waals surface area contributed by atoms with Crippen molar-refractivity contribution in [2.45, 2.75) is 45.2 Å². The molecule has 1 aliphatic carbocycles. The van der Waals surface area contributed by atoms with Crippen LogP contribution in [0.15, 0.2) is 33.9 Å². The van der Waals surface area contributed by atoms with Crippen LogP contribution in [0.4, 0.5) is 5.69 Å². The minimum absolute atomic E-state index is 0.0925. The average molecular weight is 394 g/mol. The summed E-state index contributed by atoms with van der Waals surface area (Å²) in [6.07, 6.45) is 6.31. The van der Waals surface area contributed by atoms with Crippen molar-refractivity contribution in [2.75, 3.05) is 31.1 Å². The van der Waals surface area contributed by atoms with Crippen LogP contribution in [0.25, 0.3) is 10.9 Å². The zero-order valence-corrected chi connectivity index (χ0v) is 16.8. The van der Waals surface area contributed by atoms with E-state index in [0.717, 1.165) is 73.5 Å². The van der Waals surface area contributed by atoms with Crippen molar-refractivity contribution in [3.8, 4) is 0 Å². The van der Waals surface area contributed by atoms with Gasteiger partial charge in [-0.1, -0.05) is 23.2 Å². The minimum atomic E-state index is 0.0925. The topological polar surface area (TPSA) is 80.3 Å². The summed E-state index contributed by atoms with van der Waals surface area (Å²) in [6.45, 7) is 6.43. The molecule has 2 aliphatic rings. The SMILES string of the molecule is Cc1nonc1CN1CCN(c2ccc3c(=O)n(C4CCCC4)cnc3c2)CC1. The van der Waals surface area contributed by atoms with Gasteiger partial charge in [0.15, 0.2) is 0 Å². The molecule has 0 bridgehead atoms. The molecule has 3 aromatic rings. The van der Waals surface area contributed by atoms with Gasteiger partial charge in [-0.05, 0) is 38.0 Å². The first kappa shape index (κ1) is 18.3. The Balaban J connectivity index is 1.30. The first-order valence-corrected chi connectivity index (χ1v) is 10.5. The maximum atomic E-state index is 12.9. The molecule has 1 aromatic carbocycles. The average Bonchev–Trinajstić information content (AvgIpc) is 3.41. The van der Waals surface area contributed by atoms with E-state index < -0.39 is 0 Å². The Morgan fingerprint density at radius 1 is 1.10 bits per heavy atom. The van der Waals surface area contributed by atoms with Crippen LogP contribution in [-0.4, -0.2) is 50.9 Å². The zero-order chi connectivity index (χ0) is 19.8. The van der Waals surface area contributed by atoms with Crippen LogP contribution in [0.2, 0.25) is 0 Å². The van der Waals surface area contributed by atoms with Crippen molar-refractivity contribution < 1.29 is 4.63 Å². The molecule has 152 valence electrons. The molecule has 0 spiro atoms. The molecule has 2 aromatic heterocycles. The van der Waals surface area contributed by atoms with E-state index in [4.69, 9.17) is 4.63 Å². The molecule has 0 N–H and O–H groups in total. The summed E-state index contributed by atoms with van der Waals surface area (Å²) in [5, 5.41) is 8.56. The van der Waals surface area contributed by atoms with E-state index in [1.165, 1.54) is 12.8 Å². The zero-order valence-electron chi connectivity index (χ0n) is 16.8. The second-order valence-electron chi connectivity index (χ2n) is 8.16. The molecule has 5 rings (SSSR count). The molecule has 0 amide bonds. The van der Waals surface area contributed by atoms with Gasteiger partial charge in [0.05, 0.1) is 17.2 Å². The molecule has 0 radical (unpaired) electrons. The number of nitrogens with zero attached hydrogens (tertiary/aromatic N) is 6. The van der Waals surface area contributed by atoms with Crippen LogP contribution in [0.5, 0.6) is 0 Å². The third-order valence-electron chi connectivity index (χ3n) is 6.34. The predicted octanol–water partition coefficient (Wildman–Crippen LogP) is 2.53. The fraction of sp³-hybridized carbons (Fsp3) is 0.524. The summed E-state index contributed by atoms with van der Waals surface area (Å²) in [5.41, 5.74) is 3.77. The highest BCUT2D eigenvalue weighted by Gasteiger charge is 2.21. The quantitative estimate of drug-likeness (QED) is 0.673. The molecule has 0 atom stereocenters. The molecule has 0 unspecified atom stereocenters. The Morgan fingerprint density at radius 3 is 2.62 bits per heavy atom. The van der Waals surface area contributed by atoms with Gasteiger partial charge in [0.1, 0.15) is 11.4 Å². The van der Waals surface area contributed by atoms with Crippen LogP contribution >= 0.6 is 0 Å². The fourth-order valence-corrected chi connectivity index (χ4v) is 4.53. The predicted molar refractivity (Wildman–Crippen MR) is 110 cm³/mol. The fourth-order valence-electron chi connectivity index (χ4n) is 4.53. The van der Waals surface area contributed by atoms with E-state index in [2.05, 4.69) is 37.2 Å². The van der Waals surface area contributed by atoms with Crippen LogP contribution in [0, 0.1) is 6.92 Å². The monoisotopic (exact) mass is 394 g/mol. The van der Waals surface area contributed by atoms with E-state index in [9.17, 15) is 4.79 Å². The van der Waals surface area contributed by atoms with Crippen LogP contribution in [0.1, 0.15) is 43.1 Å². The maximum absolute atomic E-state index is 12.9. The molecule has 8 heteroatoms. The molecule has 1 saturated carbocycles. The Kier molecular flexibility index (Phi) is 4.79. The molecule has 2 fully saturated rings. The number of piperazine rings is 1. The number of hydrogen-bond acceptors (Lipinski definition) is 7. The lowest BCUT2D eigenvalue weighted by Gasteiger charge is -2.35. The molecular weight excluding hydrogens is 368 g/mol. The van der Waals surface area contributed by atoms with Crippen molar-refractivity contribution >= 4 is 16.6 Å². The van der Waals surface area contributed by atoms with Crippen molar-refractivity contribution in [1.82, 2.24) is 24.8 Å². The lowest BCUT2D eigenvalue weighted by Crippen LogP contribution is -2.46. The Hall–Kier alpha value is -2.74. The van der Waals surface area contributed by atoms with Gasteiger partial charge < -0.3 is 4.90 Å². The first-order valence-electron chi connectivity index (χ1n) is 10.5. The lowest BCUT2D eigenvalue weighted by atomic mass is 10.1. The van der Waals surface area contributed by atoms with E-state index in [0.29, 0.717) is 6.04 Å². The van der Waals surface area contributed by atoms with Crippen molar-refractivity contribution in [1.29, 1.82) is 0 Å². The highest BCUT2D eigenvalue weighted by atomic mass is 16.6. The maximum Gasteiger partial charge on any atom is 0.261 e. The van der Waals surface area contributed by atoms with Crippen molar-refractivity contribution in [3.05, 3.63) is 46.3 Å². The van der Waals surface area contributed by atoms with Gasteiger partial charge in [0.2, 0.25) is 0 Å². The molecular formula is C21H26N6O2. The van der Waals surface area contributed by atoms with E-state index >= 15 is 0 Å². The van der Waals surface area contributed by atoms with Crippen LogP contribution < -0.4 is 10.5 Å². The lowest BCUT2D eigenvalue weighted by molar-refractivity contribution is 0.237. The second kappa shape index (κ2) is 7.59. The van der Waals surface area contributed by atoms with Crippen molar-refractivity contribution in [2.24, 2.45) is 0 Å². The Morgan fingerprint density at radius 2 is 1.90 bits per heavy atom. The van der Waals surface area contributed by atoms with Gasteiger partial charge in [-0.2, -0.15) is 0 Å². The minimum Gasteiger partial charge on any atom is -0.369 e. The Bertz CT molecular complexity index is 1060. The third-order valence-corrected chi connectivity index (χ3v) is 6.34. The number of fused-ring (bicyclic) bond motifs is 1.